The Morgan fingerprint density at radius 1 is 1.00 bits per heavy atom. The largest absolute Gasteiger partial charge is 0.343 e. The highest BCUT2D eigenvalue weighted by Crippen LogP contribution is 2.32. The summed E-state index contributed by atoms with van der Waals surface area (Å²) in [5.41, 5.74) is 12.2. The first kappa shape index (κ1) is 12.0. The number of benzene rings is 2. The first-order valence-electron chi connectivity index (χ1n) is 6.55. The van der Waals surface area contributed by atoms with Crippen LogP contribution in [0.3, 0.4) is 0 Å². The summed E-state index contributed by atoms with van der Waals surface area (Å²) in [6.45, 7) is 2.67. The van der Waals surface area contributed by atoms with E-state index >= 15 is 0 Å². The Morgan fingerprint density at radius 2 is 1.68 bits per heavy atom. The third-order valence-electron chi connectivity index (χ3n) is 3.74. The molecule has 3 rings (SSSR count). The van der Waals surface area contributed by atoms with Crippen LogP contribution in [0.1, 0.15) is 11.1 Å². The first-order valence-corrected chi connectivity index (χ1v) is 6.55. The van der Waals surface area contributed by atoms with Crippen LogP contribution in [-0.4, -0.2) is 4.57 Å². The average Bonchev–Trinajstić information content (AvgIpc) is 2.73. The van der Waals surface area contributed by atoms with Gasteiger partial charge in [0.15, 0.2) is 0 Å². The van der Waals surface area contributed by atoms with Crippen molar-refractivity contribution >= 4 is 10.9 Å². The molecule has 0 spiro atoms. The van der Waals surface area contributed by atoms with Gasteiger partial charge >= 0.3 is 0 Å². The number of rotatable bonds is 2. The maximum absolute atomic E-state index is 5.98. The monoisotopic (exact) mass is 250 g/mol. The molecule has 19 heavy (non-hydrogen) atoms. The van der Waals surface area contributed by atoms with Gasteiger partial charge in [0.25, 0.3) is 0 Å². The van der Waals surface area contributed by atoms with Crippen molar-refractivity contribution < 1.29 is 0 Å². The number of aryl methyl sites for hydroxylation is 2. The fraction of sp³-hybridized carbons (Fsp3) is 0.176. The van der Waals surface area contributed by atoms with Gasteiger partial charge in [-0.25, -0.2) is 0 Å². The van der Waals surface area contributed by atoms with Crippen LogP contribution >= 0.6 is 0 Å². The quantitative estimate of drug-likeness (QED) is 0.740. The molecule has 2 aromatic carbocycles. The predicted octanol–water partition coefficient (Wildman–Crippen LogP) is 3.61. The number of aromatic nitrogens is 1. The van der Waals surface area contributed by atoms with Gasteiger partial charge in [0.1, 0.15) is 0 Å². The lowest BCUT2D eigenvalue weighted by atomic mass is 10.0. The number of hydrogen-bond acceptors (Lipinski definition) is 1. The molecule has 2 heteroatoms. The zero-order valence-corrected chi connectivity index (χ0v) is 11.4. The van der Waals surface area contributed by atoms with Gasteiger partial charge < -0.3 is 10.3 Å². The molecule has 0 bridgehead atoms. The summed E-state index contributed by atoms with van der Waals surface area (Å²) in [4.78, 5) is 0. The van der Waals surface area contributed by atoms with Crippen LogP contribution in [0.25, 0.3) is 22.2 Å². The van der Waals surface area contributed by atoms with Crippen LogP contribution in [0.2, 0.25) is 0 Å². The van der Waals surface area contributed by atoms with E-state index in [1.165, 1.54) is 33.3 Å². The van der Waals surface area contributed by atoms with Crippen LogP contribution in [0.5, 0.6) is 0 Å². The fourth-order valence-corrected chi connectivity index (χ4v) is 2.76. The van der Waals surface area contributed by atoms with E-state index in [2.05, 4.69) is 67.1 Å². The molecule has 1 heterocycles. The van der Waals surface area contributed by atoms with Gasteiger partial charge in [-0.2, -0.15) is 0 Å². The van der Waals surface area contributed by atoms with Gasteiger partial charge in [0.2, 0.25) is 0 Å². The number of nitrogens with two attached hydrogens (primary N) is 1. The second kappa shape index (κ2) is 4.56. The van der Waals surface area contributed by atoms with Crippen molar-refractivity contribution in [1.82, 2.24) is 4.57 Å². The van der Waals surface area contributed by atoms with E-state index in [4.69, 9.17) is 5.73 Å². The fourth-order valence-electron chi connectivity index (χ4n) is 2.76. The van der Waals surface area contributed by atoms with Gasteiger partial charge in [-0.1, -0.05) is 48.0 Å². The zero-order chi connectivity index (χ0) is 13.4. The molecule has 1 aromatic heterocycles. The van der Waals surface area contributed by atoms with Crippen LogP contribution in [0, 0.1) is 6.92 Å². The van der Waals surface area contributed by atoms with E-state index < -0.39 is 0 Å². The Hall–Kier alpha value is -2.06. The molecular weight excluding hydrogens is 232 g/mol. The Labute approximate surface area is 113 Å². The van der Waals surface area contributed by atoms with Crippen LogP contribution in [0.15, 0.2) is 48.5 Å². The Kier molecular flexibility index (Phi) is 2.88. The molecule has 0 fully saturated rings. The maximum atomic E-state index is 5.98. The number of hydrogen-bond donors (Lipinski definition) is 1. The van der Waals surface area contributed by atoms with E-state index in [1.54, 1.807) is 0 Å². The second-order valence-corrected chi connectivity index (χ2v) is 4.97. The Bertz CT molecular complexity index is 721. The maximum Gasteiger partial charge on any atom is 0.0534 e. The summed E-state index contributed by atoms with van der Waals surface area (Å²) >= 11 is 0. The van der Waals surface area contributed by atoms with Crippen molar-refractivity contribution in [2.24, 2.45) is 12.8 Å². The topological polar surface area (TPSA) is 30.9 Å². The molecule has 0 aliphatic heterocycles. The van der Waals surface area contributed by atoms with Crippen molar-refractivity contribution in [3.63, 3.8) is 0 Å². The molecule has 96 valence electrons. The molecule has 2 N–H and O–H groups in total. The molecule has 0 atom stereocenters. The van der Waals surface area contributed by atoms with E-state index in [0.29, 0.717) is 6.54 Å². The summed E-state index contributed by atoms with van der Waals surface area (Å²) in [5, 5.41) is 1.25. The SMILES string of the molecule is Cc1ccc(-c2c(CN)c3ccccc3n2C)cc1. The van der Waals surface area contributed by atoms with Crippen molar-refractivity contribution in [2.75, 3.05) is 0 Å². The molecule has 0 aliphatic rings. The standard InChI is InChI=1S/C17H18N2/c1-12-7-9-13(10-8-12)17-15(11-18)14-5-3-4-6-16(14)19(17)2/h3-10H,11,18H2,1-2H3. The third kappa shape index (κ3) is 1.85. The van der Waals surface area contributed by atoms with Crippen LogP contribution < -0.4 is 5.73 Å². The summed E-state index contributed by atoms with van der Waals surface area (Å²) in [7, 11) is 2.11. The molecule has 0 saturated carbocycles. The average molecular weight is 250 g/mol. The summed E-state index contributed by atoms with van der Waals surface area (Å²) < 4.78 is 2.24. The Morgan fingerprint density at radius 3 is 2.37 bits per heavy atom. The molecule has 0 unspecified atom stereocenters. The molecular formula is C17H18N2. The van der Waals surface area contributed by atoms with Crippen molar-refractivity contribution in [2.45, 2.75) is 13.5 Å². The van der Waals surface area contributed by atoms with Gasteiger partial charge in [0.05, 0.1) is 5.69 Å². The normalized spacial score (nSPS) is 11.1. The predicted molar refractivity (Wildman–Crippen MR) is 81.0 cm³/mol. The molecule has 0 amide bonds. The lowest BCUT2D eigenvalue weighted by Crippen LogP contribution is -1.99. The van der Waals surface area contributed by atoms with Crippen molar-refractivity contribution in [1.29, 1.82) is 0 Å². The van der Waals surface area contributed by atoms with Gasteiger partial charge in [-0.3, -0.25) is 0 Å². The summed E-state index contributed by atoms with van der Waals surface area (Å²) in [6.07, 6.45) is 0. The number of fused-ring (bicyclic) bond motifs is 1. The molecule has 3 aromatic rings. The van der Waals surface area contributed by atoms with Gasteiger partial charge in [-0.15, -0.1) is 0 Å². The second-order valence-electron chi connectivity index (χ2n) is 4.97. The minimum absolute atomic E-state index is 0.560. The highest BCUT2D eigenvalue weighted by molar-refractivity contribution is 5.91. The summed E-state index contributed by atoms with van der Waals surface area (Å²) in [5.74, 6) is 0. The van der Waals surface area contributed by atoms with Crippen LogP contribution in [0.4, 0.5) is 0 Å². The lowest BCUT2D eigenvalue weighted by Gasteiger charge is -2.07. The van der Waals surface area contributed by atoms with Crippen molar-refractivity contribution in [3.05, 3.63) is 59.7 Å². The minimum atomic E-state index is 0.560. The Balaban J connectivity index is 2.34. The highest BCUT2D eigenvalue weighted by atomic mass is 15.0. The third-order valence-corrected chi connectivity index (χ3v) is 3.74. The summed E-state index contributed by atoms with van der Waals surface area (Å²) in [6, 6.07) is 17.1. The molecule has 0 aliphatic carbocycles. The molecule has 0 saturated heterocycles. The molecule has 0 radical (unpaired) electrons. The van der Waals surface area contributed by atoms with E-state index in [9.17, 15) is 0 Å². The number of para-hydroxylation sites is 1. The molecule has 2 nitrogen and oxygen atoms in total. The van der Waals surface area contributed by atoms with E-state index in [0.717, 1.165) is 0 Å². The van der Waals surface area contributed by atoms with Crippen molar-refractivity contribution in [3.8, 4) is 11.3 Å². The van der Waals surface area contributed by atoms with E-state index in [1.807, 2.05) is 0 Å². The zero-order valence-electron chi connectivity index (χ0n) is 11.4. The van der Waals surface area contributed by atoms with Gasteiger partial charge in [-0.05, 0) is 24.1 Å². The van der Waals surface area contributed by atoms with E-state index in [-0.39, 0.29) is 0 Å². The smallest absolute Gasteiger partial charge is 0.0534 e. The van der Waals surface area contributed by atoms with Gasteiger partial charge in [0, 0.05) is 24.5 Å². The highest BCUT2D eigenvalue weighted by Gasteiger charge is 2.14. The number of nitrogens with zero attached hydrogens (tertiary/aromatic N) is 1. The van der Waals surface area contributed by atoms with Crippen LogP contribution in [-0.2, 0) is 13.6 Å². The first-order chi connectivity index (χ1) is 9.22. The minimum Gasteiger partial charge on any atom is -0.343 e. The lowest BCUT2D eigenvalue weighted by molar-refractivity contribution is 0.959.